The number of benzene rings is 2. The van der Waals surface area contributed by atoms with E-state index in [4.69, 9.17) is 12.6 Å². The van der Waals surface area contributed by atoms with Gasteiger partial charge in [0.25, 0.3) is 0 Å². The molecule has 0 amide bonds. The van der Waals surface area contributed by atoms with E-state index in [-0.39, 0.29) is 21.5 Å². The van der Waals surface area contributed by atoms with Crippen molar-refractivity contribution >= 4 is 12.6 Å². The van der Waals surface area contributed by atoms with Crippen LogP contribution in [0.1, 0.15) is 166 Å². The van der Waals surface area contributed by atoms with E-state index in [9.17, 15) is 10.2 Å². The number of phenolic OH excluding ortho intramolecular Hbond substituents is 2. The van der Waals surface area contributed by atoms with Crippen LogP contribution in [0.4, 0.5) is 0 Å². The summed E-state index contributed by atoms with van der Waals surface area (Å²) in [5.74, 6) is 0.766. The third-order valence-corrected chi connectivity index (χ3v) is 9.44. The number of hydrogen-bond donors (Lipinski definition) is 3. The summed E-state index contributed by atoms with van der Waals surface area (Å²) in [5, 5.41) is 22.4. The second kappa shape index (κ2) is 15.2. The topological polar surface area (TPSA) is 40.5 Å². The minimum atomic E-state index is -0.265. The SMILES string of the molecule is CCCCCCCCCCC(CC(S)CCC)(c1cc(C(C)(C)C)c(O)cc1C)c1cc(C(C)(C)C)c(O)cc1C. The molecule has 3 heteroatoms. The van der Waals surface area contributed by atoms with Gasteiger partial charge in [0.05, 0.1) is 0 Å². The molecule has 1 atom stereocenters. The molecule has 0 bridgehead atoms. The fourth-order valence-electron chi connectivity index (χ4n) is 6.75. The Morgan fingerprint density at radius 1 is 0.610 bits per heavy atom. The zero-order valence-corrected chi connectivity index (χ0v) is 29.1. The van der Waals surface area contributed by atoms with Gasteiger partial charge in [0.15, 0.2) is 0 Å². The van der Waals surface area contributed by atoms with Gasteiger partial charge in [-0.25, -0.2) is 0 Å². The number of phenols is 2. The number of thiol groups is 1. The van der Waals surface area contributed by atoms with Crippen LogP contribution in [-0.2, 0) is 16.2 Å². The lowest BCUT2D eigenvalue weighted by Crippen LogP contribution is -2.34. The number of rotatable bonds is 15. The van der Waals surface area contributed by atoms with Gasteiger partial charge < -0.3 is 10.2 Å². The summed E-state index contributed by atoms with van der Waals surface area (Å²) >= 11 is 5.19. The molecule has 41 heavy (non-hydrogen) atoms. The molecular formula is C38H62O2S. The first kappa shape index (κ1) is 35.6. The van der Waals surface area contributed by atoms with Gasteiger partial charge in [-0.15, -0.1) is 0 Å². The first-order chi connectivity index (χ1) is 19.1. The van der Waals surface area contributed by atoms with Crippen molar-refractivity contribution in [1.29, 1.82) is 0 Å². The van der Waals surface area contributed by atoms with Crippen LogP contribution in [0, 0.1) is 13.8 Å². The molecule has 2 rings (SSSR count). The molecule has 1 unspecified atom stereocenters. The fraction of sp³-hybridized carbons (Fsp3) is 0.684. The molecule has 2 aromatic rings. The van der Waals surface area contributed by atoms with Crippen LogP contribution in [0.15, 0.2) is 24.3 Å². The maximum absolute atomic E-state index is 11.1. The highest BCUT2D eigenvalue weighted by molar-refractivity contribution is 7.80. The molecule has 0 saturated heterocycles. The molecule has 0 aromatic heterocycles. The summed E-state index contributed by atoms with van der Waals surface area (Å²) in [6.07, 6.45) is 14.4. The van der Waals surface area contributed by atoms with Gasteiger partial charge in [-0.3, -0.25) is 0 Å². The predicted octanol–water partition coefficient (Wildman–Crippen LogP) is 11.6. The highest BCUT2D eigenvalue weighted by Crippen LogP contribution is 2.49. The van der Waals surface area contributed by atoms with E-state index in [1.165, 1.54) is 56.1 Å². The van der Waals surface area contributed by atoms with Gasteiger partial charge in [0, 0.05) is 10.7 Å². The molecule has 0 aliphatic heterocycles. The smallest absolute Gasteiger partial charge is 0.119 e. The van der Waals surface area contributed by atoms with E-state index in [1.54, 1.807) is 0 Å². The normalized spacial score (nSPS) is 13.5. The lowest BCUT2D eigenvalue weighted by molar-refractivity contribution is 0.389. The molecule has 0 fully saturated rings. The van der Waals surface area contributed by atoms with Crippen molar-refractivity contribution < 1.29 is 10.2 Å². The van der Waals surface area contributed by atoms with E-state index in [2.05, 4.69) is 81.4 Å². The van der Waals surface area contributed by atoms with Gasteiger partial charge in [0.2, 0.25) is 0 Å². The van der Waals surface area contributed by atoms with Crippen molar-refractivity contribution in [3.8, 4) is 11.5 Å². The average Bonchev–Trinajstić information content (AvgIpc) is 2.83. The lowest BCUT2D eigenvalue weighted by Gasteiger charge is -2.41. The molecular weight excluding hydrogens is 520 g/mol. The Hall–Kier alpha value is -1.61. The molecule has 0 aliphatic carbocycles. The van der Waals surface area contributed by atoms with Crippen molar-refractivity contribution in [3.63, 3.8) is 0 Å². The quantitative estimate of drug-likeness (QED) is 0.144. The molecule has 0 saturated carbocycles. The monoisotopic (exact) mass is 582 g/mol. The second-order valence-electron chi connectivity index (χ2n) is 14.8. The number of aryl methyl sites for hydroxylation is 2. The Balaban J connectivity index is 2.78. The van der Waals surface area contributed by atoms with Crippen LogP contribution in [0.2, 0.25) is 0 Å². The van der Waals surface area contributed by atoms with Gasteiger partial charge >= 0.3 is 0 Å². The molecule has 2 aromatic carbocycles. The average molecular weight is 583 g/mol. The van der Waals surface area contributed by atoms with Crippen molar-refractivity contribution in [2.45, 2.75) is 168 Å². The lowest BCUT2D eigenvalue weighted by atomic mass is 9.63. The molecule has 0 aliphatic rings. The Bertz CT molecular complexity index is 1030. The zero-order chi connectivity index (χ0) is 31.0. The largest absolute Gasteiger partial charge is 0.508 e. The minimum Gasteiger partial charge on any atom is -0.508 e. The first-order valence-electron chi connectivity index (χ1n) is 16.5. The molecule has 2 nitrogen and oxygen atoms in total. The van der Waals surface area contributed by atoms with Crippen LogP contribution in [0.3, 0.4) is 0 Å². The summed E-state index contributed by atoms with van der Waals surface area (Å²) < 4.78 is 0. The zero-order valence-electron chi connectivity index (χ0n) is 28.2. The summed E-state index contributed by atoms with van der Waals surface area (Å²) in [6, 6.07) is 8.61. The van der Waals surface area contributed by atoms with E-state index >= 15 is 0 Å². The third kappa shape index (κ3) is 9.44. The summed E-state index contributed by atoms with van der Waals surface area (Å²) in [6.45, 7) is 22.0. The maximum Gasteiger partial charge on any atom is 0.119 e. The van der Waals surface area contributed by atoms with Crippen LogP contribution in [0.5, 0.6) is 11.5 Å². The molecule has 0 spiro atoms. The van der Waals surface area contributed by atoms with E-state index in [0.29, 0.717) is 11.5 Å². The minimum absolute atomic E-state index is 0.179. The molecule has 2 N–H and O–H groups in total. The van der Waals surface area contributed by atoms with Crippen LogP contribution >= 0.6 is 12.6 Å². The summed E-state index contributed by atoms with van der Waals surface area (Å²) in [4.78, 5) is 0. The van der Waals surface area contributed by atoms with Crippen LogP contribution in [-0.4, -0.2) is 15.5 Å². The van der Waals surface area contributed by atoms with Gasteiger partial charge in [-0.05, 0) is 89.5 Å². The summed E-state index contributed by atoms with van der Waals surface area (Å²) in [7, 11) is 0. The first-order valence-corrected chi connectivity index (χ1v) is 17.0. The Morgan fingerprint density at radius 3 is 1.41 bits per heavy atom. The van der Waals surface area contributed by atoms with Crippen LogP contribution < -0.4 is 0 Å². The van der Waals surface area contributed by atoms with E-state index in [1.807, 2.05) is 12.1 Å². The summed E-state index contributed by atoms with van der Waals surface area (Å²) in [5.41, 5.74) is 6.27. The molecule has 0 heterocycles. The fourth-order valence-corrected chi connectivity index (χ4v) is 7.32. The third-order valence-electron chi connectivity index (χ3n) is 9.00. The number of unbranched alkanes of at least 4 members (excludes halogenated alkanes) is 7. The second-order valence-corrected chi connectivity index (χ2v) is 15.6. The standard InChI is InChI=1S/C38H62O2S/c1-11-13-14-15-16-17-18-19-21-38(26-29(41)20-12-2,30-24-32(36(5,6)7)34(39)22-27(30)3)31-25-33(37(8,9)10)35(40)23-28(31)4/h22-25,29,39-41H,11-21,26H2,1-10H3. The highest BCUT2D eigenvalue weighted by Gasteiger charge is 2.40. The maximum atomic E-state index is 11.1. The highest BCUT2D eigenvalue weighted by atomic mass is 32.1. The predicted molar refractivity (Wildman–Crippen MR) is 183 cm³/mol. The Morgan fingerprint density at radius 2 is 1.02 bits per heavy atom. The van der Waals surface area contributed by atoms with Crippen molar-refractivity contribution in [1.82, 2.24) is 0 Å². The Labute approximate surface area is 259 Å². The Kier molecular flexibility index (Phi) is 13.2. The molecule has 232 valence electrons. The van der Waals surface area contributed by atoms with Crippen molar-refractivity contribution in [3.05, 3.63) is 57.6 Å². The van der Waals surface area contributed by atoms with E-state index in [0.717, 1.165) is 54.4 Å². The van der Waals surface area contributed by atoms with Crippen molar-refractivity contribution in [2.24, 2.45) is 0 Å². The number of hydrogen-bond acceptors (Lipinski definition) is 3. The van der Waals surface area contributed by atoms with Gasteiger partial charge in [0.1, 0.15) is 11.5 Å². The van der Waals surface area contributed by atoms with Crippen LogP contribution in [0.25, 0.3) is 0 Å². The molecule has 0 radical (unpaired) electrons. The van der Waals surface area contributed by atoms with Gasteiger partial charge in [-0.1, -0.05) is 125 Å². The van der Waals surface area contributed by atoms with Crippen molar-refractivity contribution in [2.75, 3.05) is 0 Å². The van der Waals surface area contributed by atoms with E-state index < -0.39 is 0 Å². The van der Waals surface area contributed by atoms with Gasteiger partial charge in [-0.2, -0.15) is 12.6 Å². The number of aromatic hydroxyl groups is 2.